The maximum atomic E-state index is 12.3. The Balaban J connectivity index is 2.81. The molecule has 0 amide bonds. The van der Waals surface area contributed by atoms with E-state index in [1.54, 1.807) is 12.1 Å². The lowest BCUT2D eigenvalue weighted by atomic mass is 10.2. The van der Waals surface area contributed by atoms with Gasteiger partial charge in [0.1, 0.15) is 11.5 Å². The first-order valence-electron chi connectivity index (χ1n) is 6.08. The summed E-state index contributed by atoms with van der Waals surface area (Å²) in [5.74, 6) is 0.715. The normalized spacial score (nSPS) is 10.7. The Labute approximate surface area is 106 Å². The van der Waals surface area contributed by atoms with Crippen molar-refractivity contribution in [2.75, 3.05) is 13.2 Å². The molecule has 0 heterocycles. The third-order valence-corrected chi connectivity index (χ3v) is 2.29. The highest BCUT2D eigenvalue weighted by Gasteiger charge is 2.11. The van der Waals surface area contributed by atoms with Gasteiger partial charge in [-0.2, -0.15) is 8.78 Å². The van der Waals surface area contributed by atoms with Gasteiger partial charge in [-0.05, 0) is 19.0 Å². The fourth-order valence-corrected chi connectivity index (χ4v) is 1.46. The van der Waals surface area contributed by atoms with Crippen molar-refractivity contribution < 1.29 is 18.3 Å². The number of benzene rings is 1. The fourth-order valence-electron chi connectivity index (χ4n) is 1.46. The van der Waals surface area contributed by atoms with Crippen LogP contribution in [0.5, 0.6) is 11.5 Å². The van der Waals surface area contributed by atoms with Gasteiger partial charge in [0.15, 0.2) is 0 Å². The van der Waals surface area contributed by atoms with Crippen LogP contribution >= 0.6 is 0 Å². The highest BCUT2D eigenvalue weighted by atomic mass is 19.3. The molecular formula is C13H19F2NO2. The van der Waals surface area contributed by atoms with Gasteiger partial charge >= 0.3 is 6.61 Å². The summed E-state index contributed by atoms with van der Waals surface area (Å²) in [5.41, 5.74) is 0.695. The monoisotopic (exact) mass is 259 g/mol. The first-order chi connectivity index (χ1) is 8.67. The van der Waals surface area contributed by atoms with Gasteiger partial charge in [0.25, 0.3) is 0 Å². The van der Waals surface area contributed by atoms with E-state index in [1.807, 2.05) is 13.8 Å². The Morgan fingerprint density at radius 1 is 1.28 bits per heavy atom. The van der Waals surface area contributed by atoms with E-state index < -0.39 is 6.61 Å². The van der Waals surface area contributed by atoms with E-state index in [1.165, 1.54) is 6.07 Å². The first kappa shape index (κ1) is 14.7. The van der Waals surface area contributed by atoms with Crippen LogP contribution in [0.25, 0.3) is 0 Å². The number of hydrogen-bond acceptors (Lipinski definition) is 3. The number of nitrogens with one attached hydrogen (secondary N) is 1. The second-order valence-corrected chi connectivity index (χ2v) is 3.78. The van der Waals surface area contributed by atoms with Crippen molar-refractivity contribution >= 4 is 0 Å². The van der Waals surface area contributed by atoms with Crippen molar-refractivity contribution in [3.05, 3.63) is 23.8 Å². The molecule has 0 aliphatic rings. The summed E-state index contributed by atoms with van der Waals surface area (Å²) < 4.78 is 34.5. The van der Waals surface area contributed by atoms with E-state index in [0.29, 0.717) is 24.5 Å². The highest BCUT2D eigenvalue weighted by Crippen LogP contribution is 2.26. The van der Waals surface area contributed by atoms with Gasteiger partial charge in [0.05, 0.1) is 6.61 Å². The van der Waals surface area contributed by atoms with Crippen LogP contribution in [0.4, 0.5) is 8.78 Å². The minimum Gasteiger partial charge on any atom is -0.493 e. The molecule has 0 spiro atoms. The van der Waals surface area contributed by atoms with Crippen LogP contribution in [0, 0.1) is 0 Å². The minimum atomic E-state index is -2.83. The summed E-state index contributed by atoms with van der Waals surface area (Å²) in [7, 11) is 0. The van der Waals surface area contributed by atoms with Crippen LogP contribution in [0.1, 0.15) is 25.8 Å². The maximum Gasteiger partial charge on any atom is 0.387 e. The maximum absolute atomic E-state index is 12.3. The zero-order valence-electron chi connectivity index (χ0n) is 10.7. The van der Waals surface area contributed by atoms with Gasteiger partial charge in [-0.25, -0.2) is 0 Å². The largest absolute Gasteiger partial charge is 0.493 e. The van der Waals surface area contributed by atoms with Crippen LogP contribution in [0.2, 0.25) is 0 Å². The summed E-state index contributed by atoms with van der Waals surface area (Å²) in [6.07, 6.45) is 0.865. The van der Waals surface area contributed by atoms with Crippen LogP contribution in [-0.2, 0) is 6.54 Å². The molecule has 1 aromatic rings. The minimum absolute atomic E-state index is 0.166. The van der Waals surface area contributed by atoms with Crippen LogP contribution in [0.3, 0.4) is 0 Å². The summed E-state index contributed by atoms with van der Waals surface area (Å²) in [5, 5.41) is 3.08. The van der Waals surface area contributed by atoms with Crippen molar-refractivity contribution in [3.63, 3.8) is 0 Å². The van der Waals surface area contributed by atoms with Gasteiger partial charge in [-0.15, -0.1) is 0 Å². The van der Waals surface area contributed by atoms with Crippen molar-refractivity contribution in [2.45, 2.75) is 33.4 Å². The average Bonchev–Trinajstić information content (AvgIpc) is 2.34. The lowest BCUT2D eigenvalue weighted by Crippen LogP contribution is -2.14. The van der Waals surface area contributed by atoms with Gasteiger partial charge in [0, 0.05) is 18.2 Å². The molecule has 0 atom stereocenters. The number of hydrogen-bond donors (Lipinski definition) is 1. The van der Waals surface area contributed by atoms with Gasteiger partial charge in [-0.1, -0.05) is 19.9 Å². The molecule has 1 rings (SSSR count). The number of halogens is 2. The number of rotatable bonds is 8. The van der Waals surface area contributed by atoms with E-state index in [2.05, 4.69) is 10.1 Å². The molecule has 0 fully saturated rings. The molecule has 0 unspecified atom stereocenters. The summed E-state index contributed by atoms with van der Waals surface area (Å²) in [6.45, 7) is 2.92. The summed E-state index contributed by atoms with van der Waals surface area (Å²) in [6, 6.07) is 5.01. The van der Waals surface area contributed by atoms with Crippen molar-refractivity contribution in [1.82, 2.24) is 5.32 Å². The molecule has 18 heavy (non-hydrogen) atoms. The molecular weight excluding hydrogens is 240 g/mol. The molecule has 0 aliphatic carbocycles. The summed E-state index contributed by atoms with van der Waals surface area (Å²) >= 11 is 0. The van der Waals surface area contributed by atoms with Gasteiger partial charge < -0.3 is 14.8 Å². The molecule has 5 heteroatoms. The third-order valence-electron chi connectivity index (χ3n) is 2.29. The Hall–Kier alpha value is -1.36. The Morgan fingerprint density at radius 3 is 2.67 bits per heavy atom. The predicted octanol–water partition coefficient (Wildman–Crippen LogP) is 3.19. The fraction of sp³-hybridized carbons (Fsp3) is 0.538. The third kappa shape index (κ3) is 4.87. The second-order valence-electron chi connectivity index (χ2n) is 3.78. The molecule has 1 N–H and O–H groups in total. The molecule has 3 nitrogen and oxygen atoms in total. The Kier molecular flexibility index (Phi) is 6.43. The molecule has 0 saturated carbocycles. The van der Waals surface area contributed by atoms with Gasteiger partial charge in [0.2, 0.25) is 0 Å². The zero-order valence-corrected chi connectivity index (χ0v) is 10.7. The van der Waals surface area contributed by atoms with Crippen molar-refractivity contribution in [2.24, 2.45) is 0 Å². The van der Waals surface area contributed by atoms with Crippen LogP contribution < -0.4 is 14.8 Å². The lowest BCUT2D eigenvalue weighted by molar-refractivity contribution is -0.0505. The van der Waals surface area contributed by atoms with Crippen molar-refractivity contribution in [3.8, 4) is 11.5 Å². The van der Waals surface area contributed by atoms with Crippen molar-refractivity contribution in [1.29, 1.82) is 0 Å². The topological polar surface area (TPSA) is 30.5 Å². The molecule has 0 saturated heterocycles. The van der Waals surface area contributed by atoms with E-state index in [4.69, 9.17) is 4.74 Å². The Bertz CT molecular complexity index is 359. The number of alkyl halides is 2. The summed E-state index contributed by atoms with van der Waals surface area (Å²) in [4.78, 5) is 0. The zero-order chi connectivity index (χ0) is 13.4. The highest BCUT2D eigenvalue weighted by molar-refractivity contribution is 5.40. The second kappa shape index (κ2) is 7.87. The van der Waals surface area contributed by atoms with Crippen LogP contribution in [0.15, 0.2) is 18.2 Å². The van der Waals surface area contributed by atoms with E-state index in [0.717, 1.165) is 13.0 Å². The first-order valence-corrected chi connectivity index (χ1v) is 6.08. The molecule has 0 aliphatic heterocycles. The predicted molar refractivity (Wildman–Crippen MR) is 66.2 cm³/mol. The van der Waals surface area contributed by atoms with E-state index in [9.17, 15) is 8.78 Å². The molecule has 102 valence electrons. The quantitative estimate of drug-likeness (QED) is 0.777. The average molecular weight is 259 g/mol. The SMILES string of the molecule is CCCOc1ccc(CNCC)c(OC(F)F)c1. The molecule has 0 aromatic heterocycles. The molecule has 1 aromatic carbocycles. The van der Waals surface area contributed by atoms with E-state index in [-0.39, 0.29) is 5.75 Å². The Morgan fingerprint density at radius 2 is 2.06 bits per heavy atom. The van der Waals surface area contributed by atoms with E-state index >= 15 is 0 Å². The molecule has 0 bridgehead atoms. The smallest absolute Gasteiger partial charge is 0.387 e. The van der Waals surface area contributed by atoms with Gasteiger partial charge in [-0.3, -0.25) is 0 Å². The molecule has 0 radical (unpaired) electrons. The standard InChI is InChI=1S/C13H19F2NO2/c1-3-7-17-11-6-5-10(9-16-4-2)12(8-11)18-13(14)15/h5-6,8,13,16H,3-4,7,9H2,1-2H3. The number of ether oxygens (including phenoxy) is 2. The lowest BCUT2D eigenvalue weighted by Gasteiger charge is -2.13. The van der Waals surface area contributed by atoms with Crippen LogP contribution in [-0.4, -0.2) is 19.8 Å².